The van der Waals surface area contributed by atoms with E-state index in [1.165, 1.54) is 0 Å². The Labute approximate surface area is 139 Å². The number of hydrogen-bond donors (Lipinski definition) is 2. The SMILES string of the molecule is Cc1cc(C2=C(c3ccc(Cl)cc3)N=NCN2O)cc(C)c1O. The monoisotopic (exact) mass is 329 g/mol. The van der Waals surface area contributed by atoms with Gasteiger partial charge in [0.05, 0.1) is 0 Å². The van der Waals surface area contributed by atoms with Crippen molar-refractivity contribution in [2.24, 2.45) is 10.2 Å². The first-order valence-corrected chi connectivity index (χ1v) is 7.50. The third-order valence-corrected chi connectivity index (χ3v) is 3.98. The maximum Gasteiger partial charge on any atom is 0.156 e. The van der Waals surface area contributed by atoms with E-state index in [4.69, 9.17) is 11.6 Å². The van der Waals surface area contributed by atoms with Crippen molar-refractivity contribution in [3.8, 4) is 5.75 Å². The number of rotatable bonds is 2. The average Bonchev–Trinajstić information content (AvgIpc) is 2.52. The van der Waals surface area contributed by atoms with Crippen LogP contribution in [0.15, 0.2) is 46.6 Å². The van der Waals surface area contributed by atoms with Crippen molar-refractivity contribution in [1.82, 2.24) is 5.06 Å². The molecule has 0 saturated heterocycles. The lowest BCUT2D eigenvalue weighted by Crippen LogP contribution is -2.21. The number of phenolic OH excluding ortho intramolecular Hbond substituents is 1. The van der Waals surface area contributed by atoms with Gasteiger partial charge in [-0.15, -0.1) is 0 Å². The van der Waals surface area contributed by atoms with E-state index in [9.17, 15) is 10.3 Å². The first-order chi connectivity index (χ1) is 11.0. The molecule has 5 nitrogen and oxygen atoms in total. The molecule has 0 saturated carbocycles. The van der Waals surface area contributed by atoms with Crippen LogP contribution in [-0.2, 0) is 0 Å². The zero-order chi connectivity index (χ0) is 16.6. The Balaban J connectivity index is 2.22. The lowest BCUT2D eigenvalue weighted by Gasteiger charge is -2.24. The van der Waals surface area contributed by atoms with E-state index in [2.05, 4.69) is 10.2 Å². The highest BCUT2D eigenvalue weighted by atomic mass is 35.5. The Hall–Kier alpha value is -2.37. The number of benzene rings is 2. The largest absolute Gasteiger partial charge is 0.507 e. The molecule has 0 aliphatic carbocycles. The Kier molecular flexibility index (Phi) is 4.07. The second kappa shape index (κ2) is 6.02. The summed E-state index contributed by atoms with van der Waals surface area (Å²) in [6.07, 6.45) is 0. The molecule has 0 spiro atoms. The van der Waals surface area contributed by atoms with Gasteiger partial charge in [-0.25, -0.2) is 5.06 Å². The molecule has 1 heterocycles. The summed E-state index contributed by atoms with van der Waals surface area (Å²) >= 11 is 5.93. The number of azo groups is 1. The highest BCUT2D eigenvalue weighted by Crippen LogP contribution is 2.35. The summed E-state index contributed by atoms with van der Waals surface area (Å²) in [4.78, 5) is 0. The highest BCUT2D eigenvalue weighted by Gasteiger charge is 2.22. The topological polar surface area (TPSA) is 68.4 Å². The standard InChI is InChI=1S/C17H16ClN3O2/c1-10-7-13(8-11(2)17(10)22)16-15(20-19-9-21(16)23)12-3-5-14(18)6-4-12/h3-8,22-23H,9H2,1-2H3. The minimum absolute atomic E-state index is 0.0609. The van der Waals surface area contributed by atoms with E-state index >= 15 is 0 Å². The highest BCUT2D eigenvalue weighted by molar-refractivity contribution is 6.30. The number of aromatic hydroxyl groups is 1. The maximum atomic E-state index is 10.3. The molecule has 1 aliphatic rings. The fourth-order valence-electron chi connectivity index (χ4n) is 2.58. The van der Waals surface area contributed by atoms with E-state index in [1.807, 2.05) is 38.1 Å². The Morgan fingerprint density at radius 3 is 2.26 bits per heavy atom. The molecule has 0 amide bonds. The van der Waals surface area contributed by atoms with Crippen molar-refractivity contribution < 1.29 is 10.3 Å². The van der Waals surface area contributed by atoms with E-state index < -0.39 is 0 Å². The van der Waals surface area contributed by atoms with Gasteiger partial charge in [0.2, 0.25) is 0 Å². The van der Waals surface area contributed by atoms with Gasteiger partial charge in [-0.1, -0.05) is 23.7 Å². The fraction of sp³-hybridized carbons (Fsp3) is 0.176. The normalized spacial score (nSPS) is 14.5. The molecule has 0 bridgehead atoms. The van der Waals surface area contributed by atoms with Crippen molar-refractivity contribution in [3.05, 3.63) is 63.7 Å². The third kappa shape index (κ3) is 2.93. The van der Waals surface area contributed by atoms with Gasteiger partial charge < -0.3 is 5.11 Å². The molecule has 2 aromatic carbocycles. The molecule has 0 fully saturated rings. The van der Waals surface area contributed by atoms with Gasteiger partial charge in [-0.2, -0.15) is 10.2 Å². The predicted octanol–water partition coefficient (Wildman–Crippen LogP) is 4.60. The minimum Gasteiger partial charge on any atom is -0.507 e. The number of aryl methyl sites for hydroxylation is 2. The Bertz CT molecular complexity index is 790. The summed E-state index contributed by atoms with van der Waals surface area (Å²) in [7, 11) is 0. The summed E-state index contributed by atoms with van der Waals surface area (Å²) in [5.74, 6) is 0.254. The fourth-order valence-corrected chi connectivity index (χ4v) is 2.71. The smallest absolute Gasteiger partial charge is 0.156 e. The van der Waals surface area contributed by atoms with E-state index in [0.717, 1.165) is 27.3 Å². The second-order valence-electron chi connectivity index (χ2n) is 5.45. The van der Waals surface area contributed by atoms with Crippen LogP contribution in [0.2, 0.25) is 5.02 Å². The average molecular weight is 330 g/mol. The first kappa shape index (κ1) is 15.5. The van der Waals surface area contributed by atoms with Crippen LogP contribution in [-0.4, -0.2) is 22.0 Å². The van der Waals surface area contributed by atoms with E-state index in [0.29, 0.717) is 16.4 Å². The summed E-state index contributed by atoms with van der Waals surface area (Å²) in [6, 6.07) is 10.8. The predicted molar refractivity (Wildman–Crippen MR) is 89.2 cm³/mol. The third-order valence-electron chi connectivity index (χ3n) is 3.73. The first-order valence-electron chi connectivity index (χ1n) is 7.12. The quantitative estimate of drug-likeness (QED) is 0.845. The van der Waals surface area contributed by atoms with Gasteiger partial charge in [0.25, 0.3) is 0 Å². The van der Waals surface area contributed by atoms with Gasteiger partial charge in [0, 0.05) is 16.1 Å². The molecule has 6 heteroatoms. The summed E-state index contributed by atoms with van der Waals surface area (Å²) in [6.45, 7) is 3.70. The van der Waals surface area contributed by atoms with Gasteiger partial charge >= 0.3 is 0 Å². The van der Waals surface area contributed by atoms with Crippen LogP contribution in [0.5, 0.6) is 5.75 Å². The summed E-state index contributed by atoms with van der Waals surface area (Å²) in [5, 5.41) is 30.1. The number of halogens is 1. The van der Waals surface area contributed by atoms with Crippen molar-refractivity contribution in [2.75, 3.05) is 6.67 Å². The molecule has 2 aromatic rings. The van der Waals surface area contributed by atoms with Crippen molar-refractivity contribution in [2.45, 2.75) is 13.8 Å². The van der Waals surface area contributed by atoms with Gasteiger partial charge in [0.15, 0.2) is 6.67 Å². The van der Waals surface area contributed by atoms with Crippen LogP contribution in [0.25, 0.3) is 11.4 Å². The maximum absolute atomic E-state index is 10.3. The van der Waals surface area contributed by atoms with Crippen molar-refractivity contribution in [1.29, 1.82) is 0 Å². The molecule has 23 heavy (non-hydrogen) atoms. The van der Waals surface area contributed by atoms with Crippen LogP contribution < -0.4 is 0 Å². The van der Waals surface area contributed by atoms with Crippen LogP contribution in [0.4, 0.5) is 0 Å². The number of hydrogen-bond acceptors (Lipinski definition) is 5. The lowest BCUT2D eigenvalue weighted by atomic mass is 10.00. The minimum atomic E-state index is 0.0609. The van der Waals surface area contributed by atoms with Crippen molar-refractivity contribution >= 4 is 23.0 Å². The van der Waals surface area contributed by atoms with Crippen LogP contribution in [0.3, 0.4) is 0 Å². The summed E-state index contributed by atoms with van der Waals surface area (Å²) in [5.41, 5.74) is 4.14. The zero-order valence-corrected chi connectivity index (χ0v) is 13.5. The zero-order valence-electron chi connectivity index (χ0n) is 12.8. The van der Waals surface area contributed by atoms with Crippen LogP contribution >= 0.6 is 11.6 Å². The molecule has 0 unspecified atom stereocenters. The molecular weight excluding hydrogens is 314 g/mol. The molecular formula is C17H16ClN3O2. The molecule has 118 valence electrons. The molecule has 3 rings (SSSR count). The molecule has 0 atom stereocenters. The summed E-state index contributed by atoms with van der Waals surface area (Å²) < 4.78 is 0. The number of nitrogens with zero attached hydrogens (tertiary/aromatic N) is 3. The van der Waals surface area contributed by atoms with Gasteiger partial charge in [-0.3, -0.25) is 5.21 Å². The number of phenols is 1. The second-order valence-corrected chi connectivity index (χ2v) is 5.88. The Morgan fingerprint density at radius 1 is 1.04 bits per heavy atom. The Morgan fingerprint density at radius 2 is 1.65 bits per heavy atom. The van der Waals surface area contributed by atoms with E-state index in [-0.39, 0.29) is 12.4 Å². The molecule has 0 radical (unpaired) electrons. The molecule has 2 N–H and O–H groups in total. The van der Waals surface area contributed by atoms with Crippen LogP contribution in [0.1, 0.15) is 22.3 Å². The molecule has 1 aliphatic heterocycles. The van der Waals surface area contributed by atoms with E-state index in [1.54, 1.807) is 12.1 Å². The van der Waals surface area contributed by atoms with Crippen LogP contribution in [0, 0.1) is 13.8 Å². The molecule has 0 aromatic heterocycles. The van der Waals surface area contributed by atoms with Gasteiger partial charge in [-0.05, 0) is 49.2 Å². The van der Waals surface area contributed by atoms with Gasteiger partial charge in [0.1, 0.15) is 17.1 Å². The van der Waals surface area contributed by atoms with Crippen molar-refractivity contribution in [3.63, 3.8) is 0 Å². The number of hydroxylamine groups is 2. The lowest BCUT2D eigenvalue weighted by molar-refractivity contribution is -0.0272.